The van der Waals surface area contributed by atoms with Gasteiger partial charge in [-0.3, -0.25) is 9.59 Å². The summed E-state index contributed by atoms with van der Waals surface area (Å²) in [7, 11) is 0. The molecule has 2 aliphatic rings. The van der Waals surface area contributed by atoms with Crippen molar-refractivity contribution in [2.24, 2.45) is 5.92 Å². The molecular formula is C23H29N5O2. The van der Waals surface area contributed by atoms with Crippen molar-refractivity contribution >= 4 is 23.3 Å². The Bertz CT molecular complexity index is 939. The van der Waals surface area contributed by atoms with Gasteiger partial charge in [-0.2, -0.15) is 0 Å². The fraction of sp³-hybridized carbons (Fsp3) is 0.478. The van der Waals surface area contributed by atoms with Gasteiger partial charge in [0.1, 0.15) is 11.6 Å². The number of hydrogen-bond acceptors (Lipinski definition) is 5. The standard InChI is InChI=1S/C23H29N5O2/c1-16-6-7-19(12-17(16)2)28-15-18(13-22(28)29)23(30)25-14-20-24-9-8-21(26-20)27-10-4-3-5-11-27/h6-9,12,18H,3-5,10-11,13-15H2,1-2H3,(H,25,30). The molecule has 0 radical (unpaired) electrons. The molecule has 7 heteroatoms. The number of piperidine rings is 1. The van der Waals surface area contributed by atoms with Crippen molar-refractivity contribution in [2.45, 2.75) is 46.1 Å². The number of aromatic nitrogens is 2. The highest BCUT2D eigenvalue weighted by Gasteiger charge is 2.35. The van der Waals surface area contributed by atoms with Gasteiger partial charge in [0.05, 0.1) is 12.5 Å². The lowest BCUT2D eigenvalue weighted by molar-refractivity contribution is -0.126. The predicted molar refractivity (Wildman–Crippen MR) is 116 cm³/mol. The third kappa shape index (κ3) is 4.45. The molecule has 0 bridgehead atoms. The van der Waals surface area contributed by atoms with Gasteiger partial charge in [-0.25, -0.2) is 9.97 Å². The van der Waals surface area contributed by atoms with Crippen LogP contribution in [-0.4, -0.2) is 41.4 Å². The van der Waals surface area contributed by atoms with E-state index in [4.69, 9.17) is 0 Å². The normalized spacial score (nSPS) is 19.3. The highest BCUT2D eigenvalue weighted by atomic mass is 16.2. The minimum Gasteiger partial charge on any atom is -0.357 e. The zero-order valence-corrected chi connectivity index (χ0v) is 17.7. The average molecular weight is 408 g/mol. The molecule has 2 aromatic rings. The Hall–Kier alpha value is -2.96. The highest BCUT2D eigenvalue weighted by molar-refractivity contribution is 6.00. The summed E-state index contributed by atoms with van der Waals surface area (Å²) in [5.74, 6) is 1.03. The number of amides is 2. The molecule has 3 heterocycles. The van der Waals surface area contributed by atoms with Crippen molar-refractivity contribution < 1.29 is 9.59 Å². The average Bonchev–Trinajstić information content (AvgIpc) is 3.16. The topological polar surface area (TPSA) is 78.4 Å². The van der Waals surface area contributed by atoms with Crippen LogP contribution in [-0.2, 0) is 16.1 Å². The van der Waals surface area contributed by atoms with Crippen molar-refractivity contribution in [3.05, 3.63) is 47.4 Å². The number of rotatable bonds is 5. The summed E-state index contributed by atoms with van der Waals surface area (Å²) in [6, 6.07) is 7.89. The summed E-state index contributed by atoms with van der Waals surface area (Å²) in [5.41, 5.74) is 3.18. The lowest BCUT2D eigenvalue weighted by atomic mass is 10.1. The van der Waals surface area contributed by atoms with E-state index in [0.29, 0.717) is 12.4 Å². The molecule has 2 aliphatic heterocycles. The van der Waals surface area contributed by atoms with Crippen molar-refractivity contribution in [3.8, 4) is 0 Å². The van der Waals surface area contributed by atoms with Gasteiger partial charge in [0.25, 0.3) is 0 Å². The Labute approximate surface area is 177 Å². The number of benzene rings is 1. The Kier molecular flexibility index (Phi) is 5.97. The second kappa shape index (κ2) is 8.81. The molecule has 1 N–H and O–H groups in total. The fourth-order valence-corrected chi connectivity index (χ4v) is 4.11. The number of carbonyl (C=O) groups is 2. The maximum Gasteiger partial charge on any atom is 0.227 e. The van der Waals surface area contributed by atoms with Crippen LogP contribution in [0.1, 0.15) is 42.6 Å². The van der Waals surface area contributed by atoms with E-state index in [1.807, 2.05) is 38.1 Å². The van der Waals surface area contributed by atoms with Gasteiger partial charge in [0.2, 0.25) is 11.8 Å². The maximum absolute atomic E-state index is 12.7. The molecule has 30 heavy (non-hydrogen) atoms. The lowest BCUT2D eigenvalue weighted by Crippen LogP contribution is -2.33. The van der Waals surface area contributed by atoms with Gasteiger partial charge in [0.15, 0.2) is 0 Å². The smallest absolute Gasteiger partial charge is 0.227 e. The molecule has 0 spiro atoms. The van der Waals surface area contributed by atoms with E-state index < -0.39 is 0 Å². The molecule has 1 unspecified atom stereocenters. The van der Waals surface area contributed by atoms with Crippen LogP contribution in [0.25, 0.3) is 0 Å². The van der Waals surface area contributed by atoms with Crippen LogP contribution in [0, 0.1) is 19.8 Å². The van der Waals surface area contributed by atoms with E-state index in [0.717, 1.165) is 30.2 Å². The van der Waals surface area contributed by atoms with Crippen LogP contribution in [0.3, 0.4) is 0 Å². The summed E-state index contributed by atoms with van der Waals surface area (Å²) in [6.45, 7) is 6.78. The molecule has 0 aliphatic carbocycles. The molecule has 1 aromatic carbocycles. The van der Waals surface area contributed by atoms with Gasteiger partial charge >= 0.3 is 0 Å². The third-order valence-electron chi connectivity index (χ3n) is 6.09. The molecule has 1 aromatic heterocycles. The van der Waals surface area contributed by atoms with Crippen LogP contribution in [0.4, 0.5) is 11.5 Å². The zero-order chi connectivity index (χ0) is 21.1. The fourth-order valence-electron chi connectivity index (χ4n) is 4.11. The largest absolute Gasteiger partial charge is 0.357 e. The highest BCUT2D eigenvalue weighted by Crippen LogP contribution is 2.27. The first kappa shape index (κ1) is 20.3. The number of aryl methyl sites for hydroxylation is 2. The number of carbonyl (C=O) groups excluding carboxylic acids is 2. The van der Waals surface area contributed by atoms with Crippen LogP contribution in [0.2, 0.25) is 0 Å². The first-order valence-electron chi connectivity index (χ1n) is 10.7. The van der Waals surface area contributed by atoms with E-state index in [2.05, 4.69) is 20.2 Å². The van der Waals surface area contributed by atoms with Gasteiger partial charge in [-0.05, 0) is 62.4 Å². The van der Waals surface area contributed by atoms with E-state index in [1.165, 1.54) is 24.8 Å². The number of nitrogens with zero attached hydrogens (tertiary/aromatic N) is 4. The summed E-state index contributed by atoms with van der Waals surface area (Å²) in [4.78, 5) is 38.1. The first-order valence-corrected chi connectivity index (χ1v) is 10.7. The Morgan fingerprint density at radius 3 is 2.70 bits per heavy atom. The summed E-state index contributed by atoms with van der Waals surface area (Å²) in [6.07, 6.45) is 5.61. The second-order valence-corrected chi connectivity index (χ2v) is 8.27. The molecule has 2 fully saturated rings. The summed E-state index contributed by atoms with van der Waals surface area (Å²) >= 11 is 0. The zero-order valence-electron chi connectivity index (χ0n) is 17.7. The van der Waals surface area contributed by atoms with Gasteiger partial charge in [-0.1, -0.05) is 6.07 Å². The lowest BCUT2D eigenvalue weighted by Gasteiger charge is -2.27. The Morgan fingerprint density at radius 2 is 1.93 bits per heavy atom. The van der Waals surface area contributed by atoms with Crippen molar-refractivity contribution in [1.82, 2.24) is 15.3 Å². The minimum atomic E-state index is -0.357. The van der Waals surface area contributed by atoms with Crippen LogP contribution in [0.5, 0.6) is 0 Å². The Morgan fingerprint density at radius 1 is 1.13 bits per heavy atom. The van der Waals surface area contributed by atoms with E-state index in [1.54, 1.807) is 11.1 Å². The Balaban J connectivity index is 1.35. The van der Waals surface area contributed by atoms with Gasteiger partial charge in [-0.15, -0.1) is 0 Å². The molecule has 0 saturated carbocycles. The second-order valence-electron chi connectivity index (χ2n) is 8.27. The quantitative estimate of drug-likeness (QED) is 0.825. The van der Waals surface area contributed by atoms with E-state index in [9.17, 15) is 9.59 Å². The van der Waals surface area contributed by atoms with Crippen molar-refractivity contribution in [3.63, 3.8) is 0 Å². The molecule has 4 rings (SSSR count). The SMILES string of the molecule is Cc1ccc(N2CC(C(=O)NCc3nccc(N4CCCCC4)n3)CC2=O)cc1C. The minimum absolute atomic E-state index is 0.0123. The van der Waals surface area contributed by atoms with Gasteiger partial charge in [0, 0.05) is 37.9 Å². The van der Waals surface area contributed by atoms with Crippen molar-refractivity contribution in [2.75, 3.05) is 29.4 Å². The molecule has 2 amide bonds. The summed E-state index contributed by atoms with van der Waals surface area (Å²) < 4.78 is 0. The van der Waals surface area contributed by atoms with E-state index in [-0.39, 0.29) is 30.7 Å². The number of anilines is 2. The summed E-state index contributed by atoms with van der Waals surface area (Å²) in [5, 5.41) is 2.92. The van der Waals surface area contributed by atoms with Crippen LogP contribution >= 0.6 is 0 Å². The molecule has 7 nitrogen and oxygen atoms in total. The number of nitrogens with one attached hydrogen (secondary N) is 1. The van der Waals surface area contributed by atoms with Crippen LogP contribution < -0.4 is 15.1 Å². The maximum atomic E-state index is 12.7. The molecular weight excluding hydrogens is 378 g/mol. The van der Waals surface area contributed by atoms with Gasteiger partial charge < -0.3 is 15.1 Å². The first-order chi connectivity index (χ1) is 14.5. The molecule has 1 atom stereocenters. The molecule has 2 saturated heterocycles. The van der Waals surface area contributed by atoms with Crippen LogP contribution in [0.15, 0.2) is 30.5 Å². The predicted octanol–water partition coefficient (Wildman–Crippen LogP) is 2.75. The van der Waals surface area contributed by atoms with E-state index >= 15 is 0 Å². The van der Waals surface area contributed by atoms with Crippen molar-refractivity contribution in [1.29, 1.82) is 0 Å². The number of hydrogen-bond donors (Lipinski definition) is 1. The monoisotopic (exact) mass is 407 g/mol. The molecule has 158 valence electrons. The third-order valence-corrected chi connectivity index (χ3v) is 6.09.